The number of carbonyl (C=O) groups excluding carboxylic acids is 1. The van der Waals surface area contributed by atoms with Crippen LogP contribution in [0.2, 0.25) is 0 Å². The molecular formula is C14H17BrFNO. The van der Waals surface area contributed by atoms with Crippen molar-refractivity contribution in [1.82, 2.24) is 5.32 Å². The van der Waals surface area contributed by atoms with E-state index in [1.165, 1.54) is 18.9 Å². The van der Waals surface area contributed by atoms with Crippen LogP contribution in [0.25, 0.3) is 0 Å². The van der Waals surface area contributed by atoms with Gasteiger partial charge in [0.1, 0.15) is 5.82 Å². The lowest BCUT2D eigenvalue weighted by Crippen LogP contribution is -2.31. The number of rotatable bonds is 6. The average Bonchev–Trinajstić information content (AvgIpc) is 3.11. The molecule has 2 rings (SSSR count). The number of halogens is 2. The fraction of sp³-hybridized carbons (Fsp3) is 0.500. The van der Waals surface area contributed by atoms with Gasteiger partial charge in [-0.05, 0) is 36.3 Å². The van der Waals surface area contributed by atoms with Crippen LogP contribution in [0.3, 0.4) is 0 Å². The fourth-order valence-corrected chi connectivity index (χ4v) is 2.90. The molecule has 2 nitrogen and oxygen atoms in total. The Morgan fingerprint density at radius 2 is 2.11 bits per heavy atom. The maximum Gasteiger partial charge on any atom is 0.224 e. The van der Waals surface area contributed by atoms with E-state index in [1.54, 1.807) is 18.2 Å². The van der Waals surface area contributed by atoms with Crippen LogP contribution in [0.5, 0.6) is 0 Å². The van der Waals surface area contributed by atoms with E-state index in [1.807, 2.05) is 0 Å². The van der Waals surface area contributed by atoms with Crippen LogP contribution in [0.15, 0.2) is 24.3 Å². The second-order valence-corrected chi connectivity index (χ2v) is 5.78. The first kappa shape index (κ1) is 13.5. The van der Waals surface area contributed by atoms with Crippen molar-refractivity contribution in [3.05, 3.63) is 35.6 Å². The number of benzene rings is 1. The van der Waals surface area contributed by atoms with Gasteiger partial charge in [-0.2, -0.15) is 0 Å². The molecule has 0 bridgehead atoms. The summed E-state index contributed by atoms with van der Waals surface area (Å²) in [5.41, 5.74) is 0.759. The first-order valence-corrected chi connectivity index (χ1v) is 7.33. The first-order valence-electron chi connectivity index (χ1n) is 6.21. The zero-order valence-electron chi connectivity index (χ0n) is 10.2. The van der Waals surface area contributed by atoms with Crippen LogP contribution in [-0.2, 0) is 11.2 Å². The second-order valence-electron chi connectivity index (χ2n) is 4.98. The van der Waals surface area contributed by atoms with Gasteiger partial charge in [0, 0.05) is 11.9 Å². The van der Waals surface area contributed by atoms with Gasteiger partial charge < -0.3 is 5.32 Å². The van der Waals surface area contributed by atoms with Gasteiger partial charge in [0.25, 0.3) is 0 Å². The van der Waals surface area contributed by atoms with Gasteiger partial charge in [0.15, 0.2) is 0 Å². The van der Waals surface area contributed by atoms with Gasteiger partial charge in [0.2, 0.25) is 5.91 Å². The lowest BCUT2D eigenvalue weighted by molar-refractivity contribution is -0.120. The van der Waals surface area contributed by atoms with Crippen LogP contribution in [0.1, 0.15) is 24.8 Å². The Balaban J connectivity index is 1.81. The van der Waals surface area contributed by atoms with E-state index in [9.17, 15) is 9.18 Å². The number of nitrogens with one attached hydrogen (secondary N) is 1. The normalized spacial score (nSPS) is 16.3. The molecule has 0 unspecified atom stereocenters. The van der Waals surface area contributed by atoms with Crippen molar-refractivity contribution in [2.75, 3.05) is 11.9 Å². The summed E-state index contributed by atoms with van der Waals surface area (Å²) in [5.74, 6) is -0.407. The summed E-state index contributed by atoms with van der Waals surface area (Å²) in [6.45, 7) is 0.714. The Kier molecular flexibility index (Phi) is 4.38. The van der Waals surface area contributed by atoms with Gasteiger partial charge in [-0.3, -0.25) is 4.79 Å². The Labute approximate surface area is 115 Å². The molecule has 1 aliphatic carbocycles. The third-order valence-corrected chi connectivity index (χ3v) is 3.95. The minimum absolute atomic E-state index is 0.0963. The Hall–Kier alpha value is -0.900. The van der Waals surface area contributed by atoms with Gasteiger partial charge in [-0.25, -0.2) is 4.39 Å². The largest absolute Gasteiger partial charge is 0.355 e. The van der Waals surface area contributed by atoms with Gasteiger partial charge >= 0.3 is 0 Å². The number of hydrogen-bond acceptors (Lipinski definition) is 1. The molecule has 1 fully saturated rings. The van der Waals surface area contributed by atoms with Crippen LogP contribution in [-0.4, -0.2) is 17.8 Å². The molecule has 0 aliphatic heterocycles. The molecular weight excluding hydrogens is 297 g/mol. The van der Waals surface area contributed by atoms with Gasteiger partial charge in [-0.1, -0.05) is 34.1 Å². The molecule has 0 saturated heterocycles. The SMILES string of the molecule is O=C(Cc1ccccc1F)NCC1(CCBr)CC1. The molecule has 1 N–H and O–H groups in total. The zero-order valence-corrected chi connectivity index (χ0v) is 11.8. The maximum atomic E-state index is 13.4. The minimum atomic E-state index is -0.311. The van der Waals surface area contributed by atoms with E-state index in [-0.39, 0.29) is 18.1 Å². The molecule has 1 aromatic rings. The highest BCUT2D eigenvalue weighted by Crippen LogP contribution is 2.48. The smallest absolute Gasteiger partial charge is 0.224 e. The average molecular weight is 314 g/mol. The number of amides is 1. The van der Waals surface area contributed by atoms with Crippen molar-refractivity contribution in [2.24, 2.45) is 5.41 Å². The maximum absolute atomic E-state index is 13.4. The fourth-order valence-electron chi connectivity index (χ4n) is 2.06. The molecule has 0 heterocycles. The number of hydrogen-bond donors (Lipinski definition) is 1. The predicted octanol–water partition coefficient (Wildman–Crippen LogP) is 3.05. The third-order valence-electron chi connectivity index (χ3n) is 3.55. The third kappa shape index (κ3) is 3.55. The molecule has 0 aromatic heterocycles. The van der Waals surface area contributed by atoms with Crippen molar-refractivity contribution >= 4 is 21.8 Å². The summed E-state index contributed by atoms with van der Waals surface area (Å²) in [5, 5.41) is 3.89. The Bertz CT molecular complexity index is 432. The number of alkyl halides is 1. The van der Waals surface area contributed by atoms with Crippen molar-refractivity contribution < 1.29 is 9.18 Å². The molecule has 1 aliphatic rings. The monoisotopic (exact) mass is 313 g/mol. The van der Waals surface area contributed by atoms with Crippen LogP contribution >= 0.6 is 15.9 Å². The van der Waals surface area contributed by atoms with E-state index in [4.69, 9.17) is 0 Å². The summed E-state index contributed by atoms with van der Waals surface area (Å²) in [6, 6.07) is 6.42. The van der Waals surface area contributed by atoms with Crippen LogP contribution in [0, 0.1) is 11.2 Å². The Morgan fingerprint density at radius 1 is 1.39 bits per heavy atom. The Morgan fingerprint density at radius 3 is 2.72 bits per heavy atom. The highest BCUT2D eigenvalue weighted by Gasteiger charge is 2.41. The van der Waals surface area contributed by atoms with Crippen LogP contribution < -0.4 is 5.32 Å². The minimum Gasteiger partial charge on any atom is -0.355 e. The molecule has 18 heavy (non-hydrogen) atoms. The molecule has 0 atom stereocenters. The molecule has 0 radical (unpaired) electrons. The van der Waals surface area contributed by atoms with E-state index < -0.39 is 0 Å². The van der Waals surface area contributed by atoms with Crippen molar-refractivity contribution in [3.63, 3.8) is 0 Å². The summed E-state index contributed by atoms with van der Waals surface area (Å²) in [4.78, 5) is 11.8. The van der Waals surface area contributed by atoms with E-state index in [2.05, 4.69) is 21.2 Å². The molecule has 98 valence electrons. The highest BCUT2D eigenvalue weighted by molar-refractivity contribution is 9.09. The molecule has 0 spiro atoms. The molecule has 1 amide bonds. The lowest BCUT2D eigenvalue weighted by Gasteiger charge is -2.14. The van der Waals surface area contributed by atoms with E-state index in [0.29, 0.717) is 17.5 Å². The first-order chi connectivity index (χ1) is 8.65. The summed E-state index contributed by atoms with van der Waals surface area (Å²) in [7, 11) is 0. The number of carbonyl (C=O) groups is 1. The van der Waals surface area contributed by atoms with Crippen molar-refractivity contribution in [2.45, 2.75) is 25.7 Å². The predicted molar refractivity (Wildman–Crippen MR) is 73.2 cm³/mol. The van der Waals surface area contributed by atoms with E-state index >= 15 is 0 Å². The van der Waals surface area contributed by atoms with Crippen molar-refractivity contribution in [1.29, 1.82) is 0 Å². The summed E-state index contributed by atoms with van der Waals surface area (Å²) >= 11 is 3.43. The van der Waals surface area contributed by atoms with Gasteiger partial charge in [-0.15, -0.1) is 0 Å². The van der Waals surface area contributed by atoms with E-state index in [0.717, 1.165) is 11.8 Å². The second kappa shape index (κ2) is 5.83. The topological polar surface area (TPSA) is 29.1 Å². The summed E-state index contributed by atoms with van der Waals surface area (Å²) < 4.78 is 13.4. The van der Waals surface area contributed by atoms with Crippen molar-refractivity contribution in [3.8, 4) is 0 Å². The molecule has 1 saturated carbocycles. The summed E-state index contributed by atoms with van der Waals surface area (Å²) in [6.07, 6.45) is 3.57. The van der Waals surface area contributed by atoms with Gasteiger partial charge in [0.05, 0.1) is 6.42 Å². The standard InChI is InChI=1S/C14H17BrFNO/c15-8-7-14(5-6-14)10-17-13(18)9-11-3-1-2-4-12(11)16/h1-4H,5-10H2,(H,17,18). The molecule has 1 aromatic carbocycles. The quantitative estimate of drug-likeness (QED) is 0.804. The van der Waals surface area contributed by atoms with Crippen LogP contribution in [0.4, 0.5) is 4.39 Å². The zero-order chi connectivity index (χ0) is 13.0. The highest BCUT2D eigenvalue weighted by atomic mass is 79.9. The lowest BCUT2D eigenvalue weighted by atomic mass is 10.0. The molecule has 4 heteroatoms.